The molecule has 6 heteroatoms. The summed E-state index contributed by atoms with van der Waals surface area (Å²) in [7, 11) is 1.59. The first kappa shape index (κ1) is 21.2. The van der Waals surface area contributed by atoms with Crippen molar-refractivity contribution in [1.29, 1.82) is 0 Å². The van der Waals surface area contributed by atoms with E-state index in [1.807, 2.05) is 26.0 Å². The van der Waals surface area contributed by atoms with E-state index in [1.165, 1.54) is 4.90 Å². The van der Waals surface area contributed by atoms with Gasteiger partial charge in [-0.1, -0.05) is 37.3 Å². The number of benzene rings is 2. The van der Waals surface area contributed by atoms with Crippen molar-refractivity contribution in [2.45, 2.75) is 32.9 Å². The van der Waals surface area contributed by atoms with E-state index in [0.29, 0.717) is 11.1 Å². The molecule has 0 heterocycles. The molecule has 0 aliphatic rings. The van der Waals surface area contributed by atoms with Crippen LogP contribution in [0, 0.1) is 0 Å². The molecule has 0 aliphatic heterocycles. The predicted molar refractivity (Wildman–Crippen MR) is 109 cm³/mol. The Morgan fingerprint density at radius 2 is 1.68 bits per heavy atom. The van der Waals surface area contributed by atoms with Crippen molar-refractivity contribution in [3.8, 4) is 0 Å². The maximum absolute atomic E-state index is 12.3. The number of rotatable bonds is 8. The zero-order valence-electron chi connectivity index (χ0n) is 16.6. The summed E-state index contributed by atoms with van der Waals surface area (Å²) in [5.41, 5.74) is 1.92. The standard InChI is InChI=1S/C22H27N3O3/c1-4-16(2)24-21(27)19-12-8-9-17(13-19)14-23-20(26)15-25(3)22(28)18-10-6-5-7-11-18/h5-13,16H,4,14-15H2,1-3H3,(H,23,26)(H,24,27). The van der Waals surface area contributed by atoms with Gasteiger partial charge in [0.25, 0.3) is 11.8 Å². The number of carbonyl (C=O) groups excluding carboxylic acids is 3. The fourth-order valence-electron chi connectivity index (χ4n) is 2.58. The summed E-state index contributed by atoms with van der Waals surface area (Å²) in [4.78, 5) is 38.1. The molecule has 1 unspecified atom stereocenters. The highest BCUT2D eigenvalue weighted by molar-refractivity contribution is 5.96. The fraction of sp³-hybridized carbons (Fsp3) is 0.318. The highest BCUT2D eigenvalue weighted by atomic mass is 16.2. The summed E-state index contributed by atoms with van der Waals surface area (Å²) in [5, 5.41) is 5.71. The van der Waals surface area contributed by atoms with Crippen molar-refractivity contribution in [2.75, 3.05) is 13.6 Å². The van der Waals surface area contributed by atoms with Crippen LogP contribution in [0.3, 0.4) is 0 Å². The first-order valence-electron chi connectivity index (χ1n) is 9.37. The third kappa shape index (κ3) is 6.23. The molecule has 0 aromatic heterocycles. The van der Waals surface area contributed by atoms with E-state index in [4.69, 9.17) is 0 Å². The molecule has 28 heavy (non-hydrogen) atoms. The van der Waals surface area contributed by atoms with Gasteiger partial charge in [0.05, 0.1) is 6.54 Å². The molecular formula is C22H27N3O3. The molecule has 0 spiro atoms. The summed E-state index contributed by atoms with van der Waals surface area (Å²) in [6, 6.07) is 16.1. The Balaban J connectivity index is 1.88. The number of nitrogens with one attached hydrogen (secondary N) is 2. The van der Waals surface area contributed by atoms with Crippen molar-refractivity contribution in [2.24, 2.45) is 0 Å². The highest BCUT2D eigenvalue weighted by Crippen LogP contribution is 2.07. The first-order valence-corrected chi connectivity index (χ1v) is 9.37. The van der Waals surface area contributed by atoms with E-state index < -0.39 is 0 Å². The van der Waals surface area contributed by atoms with E-state index in [1.54, 1.807) is 49.5 Å². The number of hydrogen-bond acceptors (Lipinski definition) is 3. The van der Waals surface area contributed by atoms with E-state index in [-0.39, 0.29) is 36.9 Å². The molecule has 2 rings (SSSR count). The Labute approximate surface area is 165 Å². The zero-order chi connectivity index (χ0) is 20.5. The minimum absolute atomic E-state index is 0.0398. The van der Waals surface area contributed by atoms with Crippen LogP contribution in [0.15, 0.2) is 54.6 Å². The van der Waals surface area contributed by atoms with E-state index in [2.05, 4.69) is 10.6 Å². The topological polar surface area (TPSA) is 78.5 Å². The molecule has 0 bridgehead atoms. The normalized spacial score (nSPS) is 11.4. The molecule has 3 amide bonds. The van der Waals surface area contributed by atoms with Gasteiger partial charge in [0, 0.05) is 30.8 Å². The van der Waals surface area contributed by atoms with Crippen LogP contribution >= 0.6 is 0 Å². The maximum Gasteiger partial charge on any atom is 0.254 e. The van der Waals surface area contributed by atoms with Gasteiger partial charge in [-0.05, 0) is 43.2 Å². The van der Waals surface area contributed by atoms with E-state index in [0.717, 1.165) is 12.0 Å². The molecule has 148 valence electrons. The van der Waals surface area contributed by atoms with E-state index >= 15 is 0 Å². The second-order valence-corrected chi connectivity index (χ2v) is 6.79. The molecule has 0 fully saturated rings. The first-order chi connectivity index (χ1) is 13.4. The molecule has 0 aliphatic carbocycles. The van der Waals surface area contributed by atoms with E-state index in [9.17, 15) is 14.4 Å². The quantitative estimate of drug-likeness (QED) is 0.738. The van der Waals surface area contributed by atoms with Gasteiger partial charge in [-0.2, -0.15) is 0 Å². The summed E-state index contributed by atoms with van der Waals surface area (Å²) < 4.78 is 0. The Hall–Kier alpha value is -3.15. The number of carbonyl (C=O) groups is 3. The predicted octanol–water partition coefficient (Wildman–Crippen LogP) is 2.60. The van der Waals surface area contributed by atoms with Crippen LogP contribution in [0.1, 0.15) is 46.5 Å². The molecular weight excluding hydrogens is 354 g/mol. The van der Waals surface area contributed by atoms with Crippen molar-refractivity contribution in [3.05, 3.63) is 71.3 Å². The number of nitrogens with zero attached hydrogens (tertiary/aromatic N) is 1. The van der Waals surface area contributed by atoms with Crippen LogP contribution in [-0.2, 0) is 11.3 Å². The Bertz CT molecular complexity index is 821. The molecule has 0 saturated carbocycles. The van der Waals surface area contributed by atoms with Crippen molar-refractivity contribution >= 4 is 17.7 Å². The van der Waals surface area contributed by atoms with Crippen LogP contribution < -0.4 is 10.6 Å². The van der Waals surface area contributed by atoms with Gasteiger partial charge in [0.15, 0.2) is 0 Å². The summed E-state index contributed by atoms with van der Waals surface area (Å²) in [5.74, 6) is -0.601. The van der Waals surface area contributed by atoms with Crippen LogP contribution in [0.2, 0.25) is 0 Å². The van der Waals surface area contributed by atoms with Gasteiger partial charge in [0.1, 0.15) is 0 Å². The van der Waals surface area contributed by atoms with Crippen molar-refractivity contribution in [3.63, 3.8) is 0 Å². The molecule has 0 saturated heterocycles. The SMILES string of the molecule is CCC(C)NC(=O)c1cccc(CNC(=O)CN(C)C(=O)c2ccccc2)c1. The lowest BCUT2D eigenvalue weighted by Gasteiger charge is -2.17. The lowest BCUT2D eigenvalue weighted by molar-refractivity contribution is -0.121. The van der Waals surface area contributed by atoms with Gasteiger partial charge in [-0.15, -0.1) is 0 Å². The minimum atomic E-state index is -0.263. The monoisotopic (exact) mass is 381 g/mol. The van der Waals surface area contributed by atoms with Gasteiger partial charge >= 0.3 is 0 Å². The van der Waals surface area contributed by atoms with Gasteiger partial charge in [-0.3, -0.25) is 14.4 Å². The average molecular weight is 381 g/mol. The minimum Gasteiger partial charge on any atom is -0.350 e. The van der Waals surface area contributed by atoms with Crippen LogP contribution in [0.5, 0.6) is 0 Å². The fourth-order valence-corrected chi connectivity index (χ4v) is 2.58. The third-order valence-corrected chi connectivity index (χ3v) is 4.42. The van der Waals surface area contributed by atoms with Crippen molar-refractivity contribution in [1.82, 2.24) is 15.5 Å². The van der Waals surface area contributed by atoms with Gasteiger partial charge in [-0.25, -0.2) is 0 Å². The second-order valence-electron chi connectivity index (χ2n) is 6.79. The van der Waals surface area contributed by atoms with Gasteiger partial charge < -0.3 is 15.5 Å². The molecule has 6 nitrogen and oxygen atoms in total. The Morgan fingerprint density at radius 3 is 2.36 bits per heavy atom. The molecule has 1 atom stereocenters. The van der Waals surface area contributed by atoms with Crippen LogP contribution in [0.4, 0.5) is 0 Å². The number of amides is 3. The van der Waals surface area contributed by atoms with Crippen LogP contribution in [-0.4, -0.2) is 42.3 Å². The average Bonchev–Trinajstić information content (AvgIpc) is 2.72. The molecule has 0 radical (unpaired) electrons. The Morgan fingerprint density at radius 1 is 1.00 bits per heavy atom. The summed E-state index contributed by atoms with van der Waals surface area (Å²) in [6.07, 6.45) is 0.858. The molecule has 2 aromatic carbocycles. The second kappa shape index (κ2) is 10.3. The molecule has 2 N–H and O–H groups in total. The lowest BCUT2D eigenvalue weighted by Crippen LogP contribution is -2.38. The number of likely N-dealkylation sites (N-methyl/N-ethyl adjacent to an activating group) is 1. The zero-order valence-corrected chi connectivity index (χ0v) is 16.6. The van der Waals surface area contributed by atoms with Crippen LogP contribution in [0.25, 0.3) is 0 Å². The number of hydrogen-bond donors (Lipinski definition) is 2. The smallest absolute Gasteiger partial charge is 0.254 e. The third-order valence-electron chi connectivity index (χ3n) is 4.42. The largest absolute Gasteiger partial charge is 0.350 e. The molecule has 2 aromatic rings. The van der Waals surface area contributed by atoms with Gasteiger partial charge in [0.2, 0.25) is 5.91 Å². The Kier molecular flexibility index (Phi) is 7.75. The summed E-state index contributed by atoms with van der Waals surface area (Å²) >= 11 is 0. The maximum atomic E-state index is 12.3. The highest BCUT2D eigenvalue weighted by Gasteiger charge is 2.15. The summed E-state index contributed by atoms with van der Waals surface area (Å²) in [6.45, 7) is 4.21. The van der Waals surface area contributed by atoms with Crippen molar-refractivity contribution < 1.29 is 14.4 Å². The lowest BCUT2D eigenvalue weighted by atomic mass is 10.1.